The van der Waals surface area contributed by atoms with Crippen LogP contribution in [0.2, 0.25) is 5.02 Å². The number of hydrogen-bond donors (Lipinski definition) is 2. The van der Waals surface area contributed by atoms with Crippen LogP contribution in [0.5, 0.6) is 0 Å². The third-order valence-electron chi connectivity index (χ3n) is 4.69. The molecule has 0 saturated carbocycles. The van der Waals surface area contributed by atoms with E-state index in [1.54, 1.807) is 6.07 Å². The predicted octanol–water partition coefficient (Wildman–Crippen LogP) is 4.91. The van der Waals surface area contributed by atoms with E-state index in [0.29, 0.717) is 11.4 Å². The van der Waals surface area contributed by atoms with Crippen molar-refractivity contribution in [1.29, 1.82) is 0 Å². The zero-order valence-corrected chi connectivity index (χ0v) is 14.0. The highest BCUT2D eigenvalue weighted by Gasteiger charge is 2.28. The second kappa shape index (κ2) is 6.15. The van der Waals surface area contributed by atoms with E-state index in [1.165, 1.54) is 6.07 Å². The van der Waals surface area contributed by atoms with Gasteiger partial charge in [-0.15, -0.1) is 0 Å². The van der Waals surface area contributed by atoms with Gasteiger partial charge in [-0.3, -0.25) is 4.79 Å². The fourth-order valence-corrected chi connectivity index (χ4v) is 3.76. The molecule has 4 rings (SSSR count). The lowest BCUT2D eigenvalue weighted by molar-refractivity contribution is 0.0923. The van der Waals surface area contributed by atoms with Crippen LogP contribution in [0.1, 0.15) is 40.5 Å². The highest BCUT2D eigenvalue weighted by atomic mass is 35.5. The van der Waals surface area contributed by atoms with E-state index in [0.717, 1.165) is 47.1 Å². The Hall–Kier alpha value is -2.40. The van der Waals surface area contributed by atoms with Crippen molar-refractivity contribution in [2.45, 2.75) is 25.3 Å². The number of aromatic amines is 1. The molecule has 0 radical (unpaired) electrons. The molecule has 0 fully saturated rings. The molecule has 1 amide bonds. The topological polar surface area (TPSA) is 44.9 Å². The molecule has 0 unspecified atom stereocenters. The quantitative estimate of drug-likeness (QED) is 0.670. The minimum Gasteiger partial charge on any atom is -0.355 e. The standard InChI is InChI=1S/C19H15ClF2N2O/c20-12-6-1-4-10-11-5-2-9-15(18(11)24-17(10)12)23-19(25)16-13(21)7-3-8-14(16)22/h1,3-4,6-8,15,24H,2,5,9H2,(H,23,25)/t15-/m0/s1. The molecular formula is C19H15ClF2N2O. The summed E-state index contributed by atoms with van der Waals surface area (Å²) in [5, 5.41) is 4.40. The molecule has 0 bridgehead atoms. The Morgan fingerprint density at radius 3 is 2.64 bits per heavy atom. The molecule has 1 aromatic heterocycles. The maximum Gasteiger partial charge on any atom is 0.257 e. The first-order valence-corrected chi connectivity index (χ1v) is 8.48. The summed E-state index contributed by atoms with van der Waals surface area (Å²) in [6.07, 6.45) is 2.44. The number of amides is 1. The Bertz CT molecular complexity index is 963. The number of para-hydroxylation sites is 1. The summed E-state index contributed by atoms with van der Waals surface area (Å²) >= 11 is 6.25. The van der Waals surface area contributed by atoms with Crippen molar-refractivity contribution in [2.24, 2.45) is 0 Å². The Morgan fingerprint density at radius 2 is 1.88 bits per heavy atom. The third kappa shape index (κ3) is 2.68. The van der Waals surface area contributed by atoms with Gasteiger partial charge in [0.2, 0.25) is 0 Å². The van der Waals surface area contributed by atoms with Crippen molar-refractivity contribution < 1.29 is 13.6 Å². The Labute approximate surface area is 148 Å². The Balaban J connectivity index is 1.71. The molecule has 0 saturated heterocycles. The molecule has 1 aliphatic rings. The van der Waals surface area contributed by atoms with E-state index in [2.05, 4.69) is 10.3 Å². The highest BCUT2D eigenvalue weighted by molar-refractivity contribution is 6.35. The van der Waals surface area contributed by atoms with Gasteiger partial charge >= 0.3 is 0 Å². The minimum absolute atomic E-state index is 0.335. The minimum atomic E-state index is -0.867. The molecule has 25 heavy (non-hydrogen) atoms. The molecule has 2 aromatic carbocycles. The summed E-state index contributed by atoms with van der Waals surface area (Å²) in [5.41, 5.74) is 2.23. The van der Waals surface area contributed by atoms with Gasteiger partial charge in [-0.2, -0.15) is 0 Å². The number of halogens is 3. The van der Waals surface area contributed by atoms with E-state index in [9.17, 15) is 13.6 Å². The maximum atomic E-state index is 13.8. The lowest BCUT2D eigenvalue weighted by atomic mass is 9.91. The number of rotatable bonds is 2. The van der Waals surface area contributed by atoms with E-state index in [-0.39, 0.29) is 6.04 Å². The van der Waals surface area contributed by atoms with Crippen molar-refractivity contribution in [3.63, 3.8) is 0 Å². The van der Waals surface area contributed by atoms with Crippen LogP contribution in [-0.2, 0) is 6.42 Å². The third-order valence-corrected chi connectivity index (χ3v) is 5.00. The van der Waals surface area contributed by atoms with E-state index in [4.69, 9.17) is 11.6 Å². The van der Waals surface area contributed by atoms with Crippen molar-refractivity contribution in [1.82, 2.24) is 10.3 Å². The molecular weight excluding hydrogens is 346 g/mol. The first-order chi connectivity index (χ1) is 12.1. The smallest absolute Gasteiger partial charge is 0.257 e. The Kier molecular flexibility index (Phi) is 3.96. The molecule has 1 heterocycles. The number of aryl methyl sites for hydroxylation is 1. The average molecular weight is 361 g/mol. The molecule has 128 valence electrons. The Morgan fingerprint density at radius 1 is 1.16 bits per heavy atom. The van der Waals surface area contributed by atoms with Crippen LogP contribution in [0.3, 0.4) is 0 Å². The fourth-order valence-electron chi connectivity index (χ4n) is 3.54. The van der Waals surface area contributed by atoms with Crippen LogP contribution in [0, 0.1) is 11.6 Å². The van der Waals surface area contributed by atoms with Gasteiger partial charge in [0.05, 0.1) is 16.6 Å². The van der Waals surface area contributed by atoms with Gasteiger partial charge in [0.25, 0.3) is 5.91 Å². The number of benzene rings is 2. The van der Waals surface area contributed by atoms with Gasteiger partial charge in [0.1, 0.15) is 17.2 Å². The van der Waals surface area contributed by atoms with E-state index in [1.807, 2.05) is 12.1 Å². The second-order valence-corrected chi connectivity index (χ2v) is 6.60. The molecule has 0 aliphatic heterocycles. The summed E-state index contributed by atoms with van der Waals surface area (Å²) < 4.78 is 27.7. The molecule has 3 nitrogen and oxygen atoms in total. The summed E-state index contributed by atoms with van der Waals surface area (Å²) in [4.78, 5) is 15.7. The zero-order valence-electron chi connectivity index (χ0n) is 13.2. The van der Waals surface area contributed by atoms with Crippen molar-refractivity contribution in [2.75, 3.05) is 0 Å². The van der Waals surface area contributed by atoms with Crippen LogP contribution < -0.4 is 5.32 Å². The van der Waals surface area contributed by atoms with Crippen molar-refractivity contribution >= 4 is 28.4 Å². The lowest BCUT2D eigenvalue weighted by Gasteiger charge is -2.24. The first kappa shape index (κ1) is 16.1. The van der Waals surface area contributed by atoms with Gasteiger partial charge in [-0.1, -0.05) is 29.8 Å². The fraction of sp³-hybridized carbons (Fsp3) is 0.211. The molecule has 3 aromatic rings. The van der Waals surface area contributed by atoms with E-state index < -0.39 is 23.1 Å². The maximum absolute atomic E-state index is 13.8. The van der Waals surface area contributed by atoms with E-state index >= 15 is 0 Å². The summed E-state index contributed by atoms with van der Waals surface area (Å²) in [5.74, 6) is -2.49. The predicted molar refractivity (Wildman–Crippen MR) is 92.8 cm³/mol. The van der Waals surface area contributed by atoms with Crippen molar-refractivity contribution in [3.05, 3.63) is 69.9 Å². The van der Waals surface area contributed by atoms with Gasteiger partial charge in [0.15, 0.2) is 0 Å². The molecule has 0 spiro atoms. The van der Waals surface area contributed by atoms with Crippen LogP contribution in [-0.4, -0.2) is 10.9 Å². The van der Waals surface area contributed by atoms with Gasteiger partial charge in [-0.05, 0) is 43.0 Å². The van der Waals surface area contributed by atoms with Crippen molar-refractivity contribution in [3.8, 4) is 0 Å². The monoisotopic (exact) mass is 360 g/mol. The molecule has 1 aliphatic carbocycles. The number of carbonyl (C=O) groups excluding carboxylic acids is 1. The summed E-state index contributed by atoms with van der Waals surface area (Å²) in [6, 6.07) is 8.72. The van der Waals surface area contributed by atoms with Crippen LogP contribution >= 0.6 is 11.6 Å². The molecule has 6 heteroatoms. The largest absolute Gasteiger partial charge is 0.355 e. The molecule has 1 atom stereocenters. The summed E-state index contributed by atoms with van der Waals surface area (Å²) in [7, 11) is 0. The molecule has 2 N–H and O–H groups in total. The number of hydrogen-bond acceptors (Lipinski definition) is 1. The number of carbonyl (C=O) groups is 1. The lowest BCUT2D eigenvalue weighted by Crippen LogP contribution is -2.32. The second-order valence-electron chi connectivity index (χ2n) is 6.19. The number of H-pyrrole nitrogens is 1. The SMILES string of the molecule is O=C(N[C@H]1CCCc2c1[nH]c1c(Cl)cccc21)c1c(F)cccc1F. The zero-order chi connectivity index (χ0) is 17.6. The van der Waals surface area contributed by atoms with Gasteiger partial charge in [0, 0.05) is 11.1 Å². The van der Waals surface area contributed by atoms with Gasteiger partial charge in [-0.25, -0.2) is 8.78 Å². The van der Waals surface area contributed by atoms with Gasteiger partial charge < -0.3 is 10.3 Å². The average Bonchev–Trinajstić information content (AvgIpc) is 2.96. The normalized spacial score (nSPS) is 16.7. The first-order valence-electron chi connectivity index (χ1n) is 8.10. The highest BCUT2D eigenvalue weighted by Crippen LogP contribution is 2.37. The summed E-state index contributed by atoms with van der Waals surface area (Å²) in [6.45, 7) is 0. The van der Waals surface area contributed by atoms with Crippen LogP contribution in [0.15, 0.2) is 36.4 Å². The van der Waals surface area contributed by atoms with Crippen LogP contribution in [0.25, 0.3) is 10.9 Å². The number of fused-ring (bicyclic) bond motifs is 3. The number of aromatic nitrogens is 1. The van der Waals surface area contributed by atoms with Crippen LogP contribution in [0.4, 0.5) is 8.78 Å². The number of nitrogens with one attached hydrogen (secondary N) is 2.